The summed E-state index contributed by atoms with van der Waals surface area (Å²) >= 11 is 0. The molecule has 1 aliphatic heterocycles. The Bertz CT molecular complexity index is 307. The molecule has 2 bridgehead atoms. The van der Waals surface area contributed by atoms with Crippen molar-refractivity contribution in [2.75, 3.05) is 13.1 Å². The summed E-state index contributed by atoms with van der Waals surface area (Å²) in [5.41, 5.74) is 0.385. The van der Waals surface area contributed by atoms with Crippen LogP contribution in [0, 0.1) is 17.3 Å². The van der Waals surface area contributed by atoms with Crippen molar-refractivity contribution in [3.05, 3.63) is 0 Å². The minimum absolute atomic E-state index is 0.385. The zero-order valence-electron chi connectivity index (χ0n) is 12.6. The summed E-state index contributed by atoms with van der Waals surface area (Å²) < 4.78 is 0. The normalized spacial score (nSPS) is 45.7. The van der Waals surface area contributed by atoms with Gasteiger partial charge < -0.3 is 5.32 Å². The van der Waals surface area contributed by atoms with E-state index >= 15 is 0 Å². The summed E-state index contributed by atoms with van der Waals surface area (Å²) in [5.74, 6) is 2.09. The highest BCUT2D eigenvalue weighted by Crippen LogP contribution is 2.47. The van der Waals surface area contributed by atoms with Crippen molar-refractivity contribution in [3.63, 3.8) is 0 Å². The first-order valence-corrected chi connectivity index (χ1v) is 7.94. The molecule has 1 saturated heterocycles. The second-order valence-electron chi connectivity index (χ2n) is 8.11. The van der Waals surface area contributed by atoms with Crippen LogP contribution in [0.4, 0.5) is 0 Å². The van der Waals surface area contributed by atoms with E-state index in [1.165, 1.54) is 38.8 Å². The topological polar surface area (TPSA) is 15.3 Å². The molecule has 0 aromatic heterocycles. The first kappa shape index (κ1) is 12.9. The molecule has 18 heavy (non-hydrogen) atoms. The predicted molar refractivity (Wildman–Crippen MR) is 76.6 cm³/mol. The van der Waals surface area contributed by atoms with Gasteiger partial charge in [0.05, 0.1) is 0 Å². The van der Waals surface area contributed by atoms with Gasteiger partial charge in [-0.25, -0.2) is 0 Å². The zero-order chi connectivity index (χ0) is 12.9. The van der Waals surface area contributed by atoms with Gasteiger partial charge in [0.1, 0.15) is 0 Å². The highest BCUT2D eigenvalue weighted by atomic mass is 15.3. The van der Waals surface area contributed by atoms with E-state index in [9.17, 15) is 0 Å². The van der Waals surface area contributed by atoms with E-state index in [2.05, 4.69) is 37.9 Å². The molecule has 2 nitrogen and oxygen atoms in total. The number of hydrogen-bond donors (Lipinski definition) is 1. The average molecular weight is 250 g/mol. The molecule has 3 rings (SSSR count). The van der Waals surface area contributed by atoms with E-state index in [0.29, 0.717) is 11.5 Å². The van der Waals surface area contributed by atoms with Crippen LogP contribution in [-0.2, 0) is 0 Å². The van der Waals surface area contributed by atoms with E-state index < -0.39 is 0 Å². The number of piperazine rings is 1. The van der Waals surface area contributed by atoms with E-state index in [-0.39, 0.29) is 0 Å². The van der Waals surface area contributed by atoms with Crippen LogP contribution in [-0.4, -0.2) is 36.1 Å². The lowest BCUT2D eigenvalue weighted by Gasteiger charge is -2.48. The summed E-state index contributed by atoms with van der Waals surface area (Å²) in [4.78, 5) is 2.86. The quantitative estimate of drug-likeness (QED) is 0.770. The maximum absolute atomic E-state index is 3.76. The second-order valence-corrected chi connectivity index (χ2v) is 8.11. The van der Waals surface area contributed by atoms with Gasteiger partial charge in [-0.3, -0.25) is 4.90 Å². The lowest BCUT2D eigenvalue weighted by Crippen LogP contribution is -2.62. The Morgan fingerprint density at radius 1 is 1.11 bits per heavy atom. The van der Waals surface area contributed by atoms with Gasteiger partial charge in [-0.1, -0.05) is 27.2 Å². The smallest absolute Gasteiger partial charge is 0.0244 e. The van der Waals surface area contributed by atoms with Crippen LogP contribution in [0.15, 0.2) is 0 Å². The van der Waals surface area contributed by atoms with Gasteiger partial charge in [0, 0.05) is 31.2 Å². The lowest BCUT2D eigenvalue weighted by molar-refractivity contribution is 0.0352. The Morgan fingerprint density at radius 2 is 1.89 bits per heavy atom. The Hall–Kier alpha value is -0.0800. The summed E-state index contributed by atoms with van der Waals surface area (Å²) in [6.45, 7) is 12.0. The molecule has 2 heteroatoms. The molecule has 1 N–H and O–H groups in total. The van der Waals surface area contributed by atoms with Gasteiger partial charge in [-0.15, -0.1) is 0 Å². The van der Waals surface area contributed by atoms with Crippen molar-refractivity contribution < 1.29 is 0 Å². The Labute approximate surface area is 113 Å². The number of rotatable bonds is 1. The third-order valence-corrected chi connectivity index (χ3v) is 5.79. The van der Waals surface area contributed by atoms with Crippen LogP contribution >= 0.6 is 0 Å². The van der Waals surface area contributed by atoms with Gasteiger partial charge in [-0.05, 0) is 43.4 Å². The molecule has 1 heterocycles. The predicted octanol–water partition coefficient (Wildman–Crippen LogP) is 2.88. The molecule has 5 unspecified atom stereocenters. The fraction of sp³-hybridized carbons (Fsp3) is 1.00. The molecular weight excluding hydrogens is 220 g/mol. The number of nitrogens with zero attached hydrogens (tertiary/aromatic N) is 1. The summed E-state index contributed by atoms with van der Waals surface area (Å²) in [6.07, 6.45) is 6.05. The van der Waals surface area contributed by atoms with Crippen LogP contribution in [0.3, 0.4) is 0 Å². The molecule has 0 aromatic carbocycles. The van der Waals surface area contributed by atoms with Crippen LogP contribution in [0.2, 0.25) is 0 Å². The highest BCUT2D eigenvalue weighted by Gasteiger charge is 2.45. The Balaban J connectivity index is 1.70. The summed E-state index contributed by atoms with van der Waals surface area (Å²) in [6, 6.07) is 2.30. The third-order valence-electron chi connectivity index (χ3n) is 5.79. The second kappa shape index (κ2) is 4.49. The van der Waals surface area contributed by atoms with Gasteiger partial charge in [0.25, 0.3) is 0 Å². The highest BCUT2D eigenvalue weighted by molar-refractivity contribution is 5.00. The molecule has 0 aromatic rings. The first-order chi connectivity index (χ1) is 8.45. The lowest BCUT2D eigenvalue weighted by atomic mass is 9.83. The molecule has 3 fully saturated rings. The van der Waals surface area contributed by atoms with Crippen molar-refractivity contribution in [2.45, 2.75) is 71.5 Å². The monoisotopic (exact) mass is 250 g/mol. The molecule has 5 atom stereocenters. The fourth-order valence-electron chi connectivity index (χ4n) is 4.55. The van der Waals surface area contributed by atoms with Crippen LogP contribution in [0.25, 0.3) is 0 Å². The maximum atomic E-state index is 3.76. The van der Waals surface area contributed by atoms with Crippen LogP contribution < -0.4 is 5.32 Å². The largest absolute Gasteiger partial charge is 0.311 e. The summed E-state index contributed by atoms with van der Waals surface area (Å²) in [7, 11) is 0. The van der Waals surface area contributed by atoms with Crippen molar-refractivity contribution >= 4 is 0 Å². The van der Waals surface area contributed by atoms with Gasteiger partial charge in [0.2, 0.25) is 0 Å². The SMILES string of the molecule is CC1CNC(C(C)(C)C)CN1C1CC2CCC1C2. The Morgan fingerprint density at radius 3 is 2.44 bits per heavy atom. The van der Waals surface area contributed by atoms with Gasteiger partial charge in [0.15, 0.2) is 0 Å². The van der Waals surface area contributed by atoms with Gasteiger partial charge >= 0.3 is 0 Å². The van der Waals surface area contributed by atoms with E-state index in [1.807, 2.05) is 0 Å². The minimum Gasteiger partial charge on any atom is -0.311 e. The van der Waals surface area contributed by atoms with Crippen LogP contribution in [0.5, 0.6) is 0 Å². The molecule has 0 amide bonds. The van der Waals surface area contributed by atoms with Crippen molar-refractivity contribution in [1.82, 2.24) is 10.2 Å². The molecule has 0 spiro atoms. The Kier molecular flexibility index (Phi) is 3.22. The molecule has 2 aliphatic carbocycles. The van der Waals surface area contributed by atoms with E-state index in [1.54, 1.807) is 0 Å². The molecular formula is C16H30N2. The van der Waals surface area contributed by atoms with E-state index in [0.717, 1.165) is 23.9 Å². The number of nitrogens with one attached hydrogen (secondary N) is 1. The fourth-order valence-corrected chi connectivity index (χ4v) is 4.55. The molecule has 3 aliphatic rings. The van der Waals surface area contributed by atoms with Crippen molar-refractivity contribution in [3.8, 4) is 0 Å². The number of fused-ring (bicyclic) bond motifs is 2. The average Bonchev–Trinajstić information content (AvgIpc) is 2.89. The summed E-state index contributed by atoms with van der Waals surface area (Å²) in [5, 5.41) is 3.76. The first-order valence-electron chi connectivity index (χ1n) is 7.94. The van der Waals surface area contributed by atoms with Crippen molar-refractivity contribution in [1.29, 1.82) is 0 Å². The van der Waals surface area contributed by atoms with E-state index in [4.69, 9.17) is 0 Å². The molecule has 2 saturated carbocycles. The zero-order valence-corrected chi connectivity index (χ0v) is 12.6. The molecule has 0 radical (unpaired) electrons. The van der Waals surface area contributed by atoms with Crippen LogP contribution in [0.1, 0.15) is 53.4 Å². The standard InChI is InChI=1S/C16H30N2/c1-11-9-17-15(16(2,3)4)10-18(11)14-8-12-5-6-13(14)7-12/h11-15,17H,5-10H2,1-4H3. The van der Waals surface area contributed by atoms with Crippen molar-refractivity contribution in [2.24, 2.45) is 17.3 Å². The third kappa shape index (κ3) is 2.22. The maximum Gasteiger partial charge on any atom is 0.0244 e. The molecule has 104 valence electrons. The minimum atomic E-state index is 0.385. The van der Waals surface area contributed by atoms with Gasteiger partial charge in [-0.2, -0.15) is 0 Å². The number of hydrogen-bond acceptors (Lipinski definition) is 2.